The lowest BCUT2D eigenvalue weighted by molar-refractivity contribution is 0.0901. The van der Waals surface area contributed by atoms with Gasteiger partial charge in [-0.15, -0.1) is 0 Å². The van der Waals surface area contributed by atoms with Crippen molar-refractivity contribution in [3.8, 4) is 11.5 Å². The van der Waals surface area contributed by atoms with Gasteiger partial charge in [-0.3, -0.25) is 14.4 Å². The zero-order chi connectivity index (χ0) is 20.3. The first-order valence-electron chi connectivity index (χ1n) is 9.18. The van der Waals surface area contributed by atoms with Crippen LogP contribution in [0.15, 0.2) is 34.7 Å². The van der Waals surface area contributed by atoms with Gasteiger partial charge in [0.2, 0.25) is 11.6 Å². The second kappa shape index (κ2) is 6.18. The Labute approximate surface area is 164 Å². The molecule has 0 saturated carbocycles. The van der Waals surface area contributed by atoms with E-state index in [9.17, 15) is 24.6 Å². The maximum atomic E-state index is 13.0. The van der Waals surface area contributed by atoms with E-state index in [0.29, 0.717) is 6.54 Å². The number of carbonyl (C=O) groups is 3. The summed E-state index contributed by atoms with van der Waals surface area (Å²) in [5.41, 5.74) is -0.714. The molecule has 2 heterocycles. The number of nitrogens with one attached hydrogen (secondary N) is 2. The molecule has 3 aromatic rings. The van der Waals surface area contributed by atoms with Gasteiger partial charge in [0.05, 0.1) is 16.7 Å². The number of phenolic OH excluding ortho intramolecular Hbond substituents is 2. The Kier molecular flexibility index (Phi) is 3.72. The number of carbonyl (C=O) groups excluding carboxylic acids is 3. The zero-order valence-electron chi connectivity index (χ0n) is 15.1. The van der Waals surface area contributed by atoms with E-state index in [1.807, 2.05) is 0 Å². The normalized spacial score (nSPS) is 18.0. The van der Waals surface area contributed by atoms with Crippen LogP contribution in [0.5, 0.6) is 11.5 Å². The van der Waals surface area contributed by atoms with Gasteiger partial charge in [-0.2, -0.15) is 0 Å². The van der Waals surface area contributed by atoms with E-state index >= 15 is 0 Å². The molecule has 1 aromatic heterocycles. The summed E-state index contributed by atoms with van der Waals surface area (Å²) in [4.78, 5) is 38.5. The number of furan rings is 1. The fraction of sp³-hybridized carbons (Fsp3) is 0.190. The van der Waals surface area contributed by atoms with Crippen molar-refractivity contribution in [1.82, 2.24) is 10.6 Å². The van der Waals surface area contributed by atoms with Gasteiger partial charge in [0.15, 0.2) is 11.5 Å². The second-order valence-electron chi connectivity index (χ2n) is 7.17. The molecule has 1 aliphatic heterocycles. The summed E-state index contributed by atoms with van der Waals surface area (Å²) >= 11 is 0. The van der Waals surface area contributed by atoms with Gasteiger partial charge >= 0.3 is 0 Å². The molecule has 1 fully saturated rings. The number of phenols is 2. The third-order valence-electron chi connectivity index (χ3n) is 5.42. The van der Waals surface area contributed by atoms with Crippen LogP contribution in [0.1, 0.15) is 49.0 Å². The van der Waals surface area contributed by atoms with E-state index in [1.54, 1.807) is 18.2 Å². The van der Waals surface area contributed by atoms with E-state index in [4.69, 9.17) is 4.42 Å². The van der Waals surface area contributed by atoms with Crippen LogP contribution < -0.4 is 10.6 Å². The van der Waals surface area contributed by atoms with Crippen LogP contribution in [0, 0.1) is 0 Å². The molecule has 1 amide bonds. The molecule has 0 spiro atoms. The van der Waals surface area contributed by atoms with E-state index in [1.165, 1.54) is 12.1 Å². The third kappa shape index (κ3) is 2.46. The first-order chi connectivity index (χ1) is 14.0. The van der Waals surface area contributed by atoms with Crippen molar-refractivity contribution >= 4 is 28.2 Å². The lowest BCUT2D eigenvalue weighted by Gasteiger charge is -2.18. The van der Waals surface area contributed by atoms with Crippen molar-refractivity contribution in [1.29, 1.82) is 0 Å². The van der Waals surface area contributed by atoms with Crippen molar-refractivity contribution < 1.29 is 29.0 Å². The lowest BCUT2D eigenvalue weighted by atomic mass is 9.85. The number of amides is 1. The Balaban J connectivity index is 1.63. The van der Waals surface area contributed by atoms with Crippen LogP contribution in [0.4, 0.5) is 0 Å². The van der Waals surface area contributed by atoms with E-state index in [-0.39, 0.29) is 50.8 Å². The van der Waals surface area contributed by atoms with Crippen LogP contribution >= 0.6 is 0 Å². The number of ketones is 2. The maximum absolute atomic E-state index is 13.0. The molecule has 1 aliphatic carbocycles. The van der Waals surface area contributed by atoms with Crippen LogP contribution in [0.25, 0.3) is 10.8 Å². The van der Waals surface area contributed by atoms with Crippen LogP contribution in [-0.2, 0) is 0 Å². The largest absolute Gasteiger partial charge is 0.506 e. The monoisotopic (exact) mass is 392 g/mol. The smallest absolute Gasteiger partial charge is 0.287 e. The highest BCUT2D eigenvalue weighted by Gasteiger charge is 2.40. The van der Waals surface area contributed by atoms with Crippen LogP contribution in [-0.4, -0.2) is 46.8 Å². The van der Waals surface area contributed by atoms with Crippen molar-refractivity contribution in [2.24, 2.45) is 0 Å². The molecule has 29 heavy (non-hydrogen) atoms. The van der Waals surface area contributed by atoms with E-state index in [0.717, 1.165) is 13.0 Å². The molecular formula is C21H16N2O6. The third-order valence-corrected chi connectivity index (χ3v) is 5.42. The van der Waals surface area contributed by atoms with Crippen molar-refractivity contribution in [2.75, 3.05) is 13.1 Å². The summed E-state index contributed by atoms with van der Waals surface area (Å²) in [6.07, 6.45) is 0.768. The average Bonchev–Trinajstić information content (AvgIpc) is 3.39. The molecular weight excluding hydrogens is 376 g/mol. The molecule has 0 unspecified atom stereocenters. The van der Waals surface area contributed by atoms with Gasteiger partial charge in [0, 0.05) is 29.4 Å². The predicted molar refractivity (Wildman–Crippen MR) is 102 cm³/mol. The quantitative estimate of drug-likeness (QED) is 0.382. The fourth-order valence-corrected chi connectivity index (χ4v) is 3.97. The molecule has 8 heteroatoms. The summed E-state index contributed by atoms with van der Waals surface area (Å²) in [6.45, 7) is 1.42. The zero-order valence-corrected chi connectivity index (χ0v) is 15.1. The topological polar surface area (TPSA) is 129 Å². The van der Waals surface area contributed by atoms with Gasteiger partial charge in [-0.25, -0.2) is 0 Å². The summed E-state index contributed by atoms with van der Waals surface area (Å²) < 4.78 is 5.43. The number of aromatic hydroxyl groups is 2. The Morgan fingerprint density at radius 3 is 2.34 bits per heavy atom. The number of rotatable bonds is 2. The highest BCUT2D eigenvalue weighted by atomic mass is 16.4. The van der Waals surface area contributed by atoms with Gasteiger partial charge in [-0.1, -0.05) is 24.3 Å². The average molecular weight is 392 g/mol. The number of hydrogen-bond donors (Lipinski definition) is 4. The first-order valence-corrected chi connectivity index (χ1v) is 9.18. The van der Waals surface area contributed by atoms with Crippen molar-refractivity contribution in [2.45, 2.75) is 12.5 Å². The van der Waals surface area contributed by atoms with E-state index in [2.05, 4.69) is 10.6 Å². The Morgan fingerprint density at radius 2 is 1.72 bits per heavy atom. The highest BCUT2D eigenvalue weighted by molar-refractivity contribution is 6.32. The summed E-state index contributed by atoms with van der Waals surface area (Å²) in [5.74, 6) is -3.25. The van der Waals surface area contributed by atoms with Gasteiger partial charge in [0.25, 0.3) is 5.91 Å². The van der Waals surface area contributed by atoms with Gasteiger partial charge in [0.1, 0.15) is 11.5 Å². The number of hydrogen-bond acceptors (Lipinski definition) is 7. The Bertz CT molecular complexity index is 1140. The minimum Gasteiger partial charge on any atom is -0.506 e. The summed E-state index contributed by atoms with van der Waals surface area (Å²) in [7, 11) is 0. The number of benzene rings is 2. The summed E-state index contributed by atoms with van der Waals surface area (Å²) in [6, 6.07) is 7.51. The molecule has 2 aromatic carbocycles. The van der Waals surface area contributed by atoms with Crippen molar-refractivity contribution in [3.63, 3.8) is 0 Å². The second-order valence-corrected chi connectivity index (χ2v) is 7.17. The predicted octanol–water partition coefficient (Wildman–Crippen LogP) is 1.71. The molecule has 4 N–H and O–H groups in total. The fourth-order valence-electron chi connectivity index (χ4n) is 3.97. The molecule has 1 atom stereocenters. The first kappa shape index (κ1) is 17.4. The summed E-state index contributed by atoms with van der Waals surface area (Å²) in [5, 5.41) is 27.7. The highest BCUT2D eigenvalue weighted by Crippen LogP contribution is 2.44. The molecule has 8 nitrogen and oxygen atoms in total. The molecule has 1 saturated heterocycles. The van der Waals surface area contributed by atoms with E-state index < -0.39 is 23.2 Å². The minimum absolute atomic E-state index is 0.0633. The lowest BCUT2D eigenvalue weighted by Crippen LogP contribution is -2.36. The Hall–Kier alpha value is -3.65. The van der Waals surface area contributed by atoms with Crippen molar-refractivity contribution in [3.05, 3.63) is 58.5 Å². The maximum Gasteiger partial charge on any atom is 0.287 e. The molecule has 0 bridgehead atoms. The number of fused-ring (bicyclic) bond motifs is 3. The molecule has 146 valence electrons. The standard InChI is InChI=1S/C21H16N2O6/c24-16-10-3-1-2-4-11(10)17(25)15-14(16)18(26)12-7-13(29-20(12)19(15)27)21(28)23-9-5-6-22-8-9/h1-4,7,9,22,24-25H,5-6,8H2,(H,23,28)/t9-/m0/s1. The van der Waals surface area contributed by atoms with Crippen LogP contribution in [0.2, 0.25) is 0 Å². The minimum atomic E-state index is -0.755. The van der Waals surface area contributed by atoms with Crippen LogP contribution in [0.3, 0.4) is 0 Å². The van der Waals surface area contributed by atoms with Gasteiger partial charge in [-0.05, 0) is 13.0 Å². The van der Waals surface area contributed by atoms with Gasteiger partial charge < -0.3 is 25.3 Å². The molecule has 5 rings (SSSR count). The SMILES string of the molecule is O=C(N[C@H]1CCNC1)c1cc2c(o1)C(=O)c1c(c(O)c3ccccc3c1O)C2=O. The Morgan fingerprint density at radius 1 is 1.07 bits per heavy atom. The molecule has 2 aliphatic rings. The molecule has 0 radical (unpaired) electrons.